The van der Waals surface area contributed by atoms with Crippen LogP contribution in [0.25, 0.3) is 0 Å². The first-order chi connectivity index (χ1) is 10.1. The SMILES string of the molecule is Cn1cc(CC(=O)N2[C@@H]3CCCC[C@H]3C[C@H]2C(=O)O)cn1. The predicted octanol–water partition coefficient (Wildman–Crippen LogP) is 1.21. The molecule has 2 aliphatic rings. The van der Waals surface area contributed by atoms with E-state index in [0.29, 0.717) is 12.3 Å². The minimum absolute atomic E-state index is 0.0789. The number of rotatable bonds is 3. The summed E-state index contributed by atoms with van der Waals surface area (Å²) in [5, 5.41) is 13.5. The van der Waals surface area contributed by atoms with Crippen LogP contribution in [0.3, 0.4) is 0 Å². The quantitative estimate of drug-likeness (QED) is 0.908. The highest BCUT2D eigenvalue weighted by atomic mass is 16.4. The van der Waals surface area contributed by atoms with Crippen molar-refractivity contribution in [3.05, 3.63) is 18.0 Å². The van der Waals surface area contributed by atoms with Crippen LogP contribution in [0.15, 0.2) is 12.4 Å². The van der Waals surface area contributed by atoms with Gasteiger partial charge in [0.15, 0.2) is 0 Å². The third-order valence-electron chi connectivity index (χ3n) is 4.77. The summed E-state index contributed by atoms with van der Waals surface area (Å²) in [6.45, 7) is 0. The average molecular weight is 291 g/mol. The summed E-state index contributed by atoms with van der Waals surface area (Å²) in [4.78, 5) is 25.8. The molecule has 0 unspecified atom stereocenters. The van der Waals surface area contributed by atoms with Gasteiger partial charge in [-0.1, -0.05) is 12.8 Å². The van der Waals surface area contributed by atoms with E-state index in [1.807, 2.05) is 6.20 Å². The number of carbonyl (C=O) groups excluding carboxylic acids is 1. The number of carboxylic acids is 1. The zero-order valence-electron chi connectivity index (χ0n) is 12.2. The Balaban J connectivity index is 1.79. The second-order valence-electron chi connectivity index (χ2n) is 6.20. The van der Waals surface area contributed by atoms with Gasteiger partial charge in [0.25, 0.3) is 0 Å². The smallest absolute Gasteiger partial charge is 0.326 e. The van der Waals surface area contributed by atoms with E-state index in [4.69, 9.17) is 0 Å². The van der Waals surface area contributed by atoms with Crippen molar-refractivity contribution in [2.75, 3.05) is 0 Å². The number of hydrogen-bond donors (Lipinski definition) is 1. The zero-order chi connectivity index (χ0) is 15.0. The van der Waals surface area contributed by atoms with E-state index in [1.165, 1.54) is 0 Å². The molecule has 2 heterocycles. The van der Waals surface area contributed by atoms with Gasteiger partial charge in [-0.05, 0) is 30.7 Å². The first-order valence-electron chi connectivity index (χ1n) is 7.57. The molecule has 0 spiro atoms. The highest BCUT2D eigenvalue weighted by molar-refractivity contribution is 5.86. The second kappa shape index (κ2) is 5.50. The maximum atomic E-state index is 12.6. The lowest BCUT2D eigenvalue weighted by atomic mass is 9.84. The summed E-state index contributed by atoms with van der Waals surface area (Å²) in [6.07, 6.45) is 8.55. The van der Waals surface area contributed by atoms with Crippen molar-refractivity contribution in [3.8, 4) is 0 Å². The molecule has 1 amide bonds. The van der Waals surface area contributed by atoms with Gasteiger partial charge in [-0.15, -0.1) is 0 Å². The summed E-state index contributed by atoms with van der Waals surface area (Å²) in [6, 6.07) is -0.536. The van der Waals surface area contributed by atoms with Crippen molar-refractivity contribution in [2.24, 2.45) is 13.0 Å². The molecule has 1 saturated heterocycles. The van der Waals surface area contributed by atoms with Crippen LogP contribution in [-0.2, 0) is 23.1 Å². The molecule has 3 rings (SSSR count). The first kappa shape index (κ1) is 14.1. The Morgan fingerprint density at radius 2 is 2.14 bits per heavy atom. The number of hydrogen-bond acceptors (Lipinski definition) is 3. The largest absolute Gasteiger partial charge is 0.480 e. The van der Waals surface area contributed by atoms with Crippen LogP contribution in [0, 0.1) is 5.92 Å². The third kappa shape index (κ3) is 2.66. The van der Waals surface area contributed by atoms with Crippen LogP contribution in [0.1, 0.15) is 37.7 Å². The molecule has 6 nitrogen and oxygen atoms in total. The second-order valence-corrected chi connectivity index (χ2v) is 6.20. The number of aliphatic carboxylic acids is 1. The molecule has 1 saturated carbocycles. The summed E-state index contributed by atoms with van der Waals surface area (Å²) < 4.78 is 1.66. The minimum Gasteiger partial charge on any atom is -0.480 e. The van der Waals surface area contributed by atoms with Gasteiger partial charge in [-0.2, -0.15) is 5.10 Å². The summed E-state index contributed by atoms with van der Waals surface area (Å²) in [5.41, 5.74) is 0.839. The zero-order valence-corrected chi connectivity index (χ0v) is 12.2. The molecule has 6 heteroatoms. The Morgan fingerprint density at radius 3 is 2.81 bits per heavy atom. The van der Waals surface area contributed by atoms with Gasteiger partial charge in [0.2, 0.25) is 5.91 Å². The Labute approximate surface area is 123 Å². The molecule has 0 aromatic carbocycles. The van der Waals surface area contributed by atoms with Crippen molar-refractivity contribution in [2.45, 2.75) is 50.6 Å². The number of aryl methyl sites for hydroxylation is 1. The van der Waals surface area contributed by atoms with E-state index in [0.717, 1.165) is 31.2 Å². The standard InChI is InChI=1S/C15H21N3O3/c1-17-9-10(8-16-17)6-14(19)18-12-5-3-2-4-11(12)7-13(18)15(20)21/h8-9,11-13H,2-7H2,1H3,(H,20,21)/t11-,12+,13-/m0/s1. The van der Waals surface area contributed by atoms with Crippen LogP contribution < -0.4 is 0 Å². The van der Waals surface area contributed by atoms with Crippen molar-refractivity contribution < 1.29 is 14.7 Å². The first-order valence-corrected chi connectivity index (χ1v) is 7.57. The average Bonchev–Trinajstić information content (AvgIpc) is 3.02. The number of carbonyl (C=O) groups is 2. The van der Waals surface area contributed by atoms with Crippen molar-refractivity contribution in [3.63, 3.8) is 0 Å². The number of aromatic nitrogens is 2. The maximum Gasteiger partial charge on any atom is 0.326 e. The lowest BCUT2D eigenvalue weighted by Gasteiger charge is -2.33. The number of carboxylic acid groups (broad SMARTS) is 1. The molecule has 0 bridgehead atoms. The van der Waals surface area contributed by atoms with Gasteiger partial charge in [0.1, 0.15) is 6.04 Å². The number of nitrogens with zero attached hydrogens (tertiary/aromatic N) is 3. The molecule has 114 valence electrons. The number of likely N-dealkylation sites (tertiary alicyclic amines) is 1. The highest BCUT2D eigenvalue weighted by Gasteiger charge is 2.47. The topological polar surface area (TPSA) is 75.4 Å². The van der Waals surface area contributed by atoms with Crippen LogP contribution in [0.2, 0.25) is 0 Å². The van der Waals surface area contributed by atoms with Gasteiger partial charge in [0, 0.05) is 19.3 Å². The van der Waals surface area contributed by atoms with Crippen LogP contribution >= 0.6 is 0 Å². The summed E-state index contributed by atoms with van der Waals surface area (Å²) in [5.74, 6) is -0.591. The van der Waals surface area contributed by atoms with Crippen LogP contribution in [0.4, 0.5) is 0 Å². The fourth-order valence-corrected chi connectivity index (χ4v) is 3.87. The molecule has 0 radical (unpaired) electrons. The molecule has 3 atom stereocenters. The van der Waals surface area contributed by atoms with Crippen molar-refractivity contribution >= 4 is 11.9 Å². The molecule has 1 aromatic heterocycles. The molecule has 1 N–H and O–H groups in total. The summed E-state index contributed by atoms with van der Waals surface area (Å²) in [7, 11) is 1.81. The Bertz CT molecular complexity index is 554. The van der Waals surface area contributed by atoms with Gasteiger partial charge < -0.3 is 10.0 Å². The van der Waals surface area contributed by atoms with Gasteiger partial charge >= 0.3 is 5.97 Å². The monoisotopic (exact) mass is 291 g/mol. The molecule has 1 aliphatic carbocycles. The molecular weight excluding hydrogens is 270 g/mol. The molecule has 1 aliphatic heterocycles. The Morgan fingerprint density at radius 1 is 1.38 bits per heavy atom. The lowest BCUT2D eigenvalue weighted by Crippen LogP contribution is -2.46. The Hall–Kier alpha value is -1.85. The fraction of sp³-hybridized carbons (Fsp3) is 0.667. The summed E-state index contributed by atoms with van der Waals surface area (Å²) >= 11 is 0. The van der Waals surface area contributed by atoms with Gasteiger partial charge in [0.05, 0.1) is 12.6 Å². The molecular formula is C15H21N3O3. The van der Waals surface area contributed by atoms with E-state index in [-0.39, 0.29) is 18.4 Å². The van der Waals surface area contributed by atoms with E-state index in [1.54, 1.807) is 22.8 Å². The normalized spacial score (nSPS) is 28.4. The molecule has 2 fully saturated rings. The van der Waals surface area contributed by atoms with Gasteiger partial charge in [-0.3, -0.25) is 9.48 Å². The Kier molecular flexibility index (Phi) is 3.69. The van der Waals surface area contributed by atoms with E-state index in [9.17, 15) is 14.7 Å². The van der Waals surface area contributed by atoms with E-state index < -0.39 is 12.0 Å². The molecule has 1 aromatic rings. The minimum atomic E-state index is -0.871. The van der Waals surface area contributed by atoms with Crippen molar-refractivity contribution in [1.29, 1.82) is 0 Å². The third-order valence-corrected chi connectivity index (χ3v) is 4.77. The predicted molar refractivity (Wildman–Crippen MR) is 75.5 cm³/mol. The number of amides is 1. The number of fused-ring (bicyclic) bond motifs is 1. The van der Waals surface area contributed by atoms with E-state index in [2.05, 4.69) is 5.10 Å². The fourth-order valence-electron chi connectivity index (χ4n) is 3.87. The lowest BCUT2D eigenvalue weighted by molar-refractivity contribution is -0.149. The van der Waals surface area contributed by atoms with E-state index >= 15 is 0 Å². The maximum absolute atomic E-state index is 12.6. The van der Waals surface area contributed by atoms with Crippen LogP contribution in [0.5, 0.6) is 0 Å². The van der Waals surface area contributed by atoms with Gasteiger partial charge in [-0.25, -0.2) is 4.79 Å². The van der Waals surface area contributed by atoms with Crippen molar-refractivity contribution in [1.82, 2.24) is 14.7 Å². The molecule has 21 heavy (non-hydrogen) atoms. The van der Waals surface area contributed by atoms with Crippen LogP contribution in [-0.4, -0.2) is 43.7 Å². The highest BCUT2D eigenvalue weighted by Crippen LogP contribution is 2.40.